The van der Waals surface area contributed by atoms with Gasteiger partial charge < -0.3 is 34.3 Å². The fourth-order valence-corrected chi connectivity index (χ4v) is 3.37. The largest absolute Gasteiger partial charge is 0.497 e. The highest BCUT2D eigenvalue weighted by molar-refractivity contribution is 5.94. The van der Waals surface area contributed by atoms with Crippen LogP contribution in [0.1, 0.15) is 19.3 Å². The lowest BCUT2D eigenvalue weighted by Gasteiger charge is -2.12. The maximum absolute atomic E-state index is 12.2. The second-order valence-electron chi connectivity index (χ2n) is 7.95. The molecular weight excluding hydrogens is 492 g/mol. The van der Waals surface area contributed by atoms with Crippen molar-refractivity contribution in [1.82, 2.24) is 0 Å². The molecule has 0 aliphatic rings. The quantitative estimate of drug-likeness (QED) is 0.307. The van der Waals surface area contributed by atoms with E-state index in [9.17, 15) is 14.4 Å². The van der Waals surface area contributed by atoms with Gasteiger partial charge >= 0.3 is 5.97 Å². The van der Waals surface area contributed by atoms with Gasteiger partial charge in [-0.1, -0.05) is 12.1 Å². The zero-order chi connectivity index (χ0) is 27.3. The van der Waals surface area contributed by atoms with E-state index >= 15 is 0 Å². The lowest BCUT2D eigenvalue weighted by atomic mass is 10.2. The Morgan fingerprint density at radius 1 is 0.684 bits per heavy atom. The van der Waals surface area contributed by atoms with E-state index in [0.29, 0.717) is 40.1 Å². The zero-order valence-corrected chi connectivity index (χ0v) is 21.4. The van der Waals surface area contributed by atoms with Gasteiger partial charge in [0.25, 0.3) is 5.91 Å². The molecule has 2 N–H and O–H groups in total. The molecule has 0 bridgehead atoms. The topological polar surface area (TPSA) is 121 Å². The Morgan fingerprint density at radius 2 is 1.37 bits per heavy atom. The summed E-state index contributed by atoms with van der Waals surface area (Å²) in [4.78, 5) is 36.4. The standard InChI is InChI=1S/C28H30N2O8/c1-34-21-15-16-23(35-2)22(17-21)30-27(32)18-37-28(33)10-6-9-26(31)29-19-11-13-20(14-12-19)38-25-8-5-4-7-24(25)36-3/h4-5,7-8,11-17H,6,9-10,18H2,1-3H3,(H,29,31)(H,30,32). The SMILES string of the molecule is COc1ccc(OC)c(NC(=O)COC(=O)CCCC(=O)Nc2ccc(Oc3ccccc3OC)cc2)c1. The number of carbonyl (C=O) groups is 3. The normalized spacial score (nSPS) is 10.2. The molecule has 0 aliphatic heterocycles. The number of amides is 2. The van der Waals surface area contributed by atoms with Crippen molar-refractivity contribution in [2.24, 2.45) is 0 Å². The average molecular weight is 523 g/mol. The second-order valence-corrected chi connectivity index (χ2v) is 7.95. The van der Waals surface area contributed by atoms with Crippen LogP contribution in [-0.4, -0.2) is 45.7 Å². The first kappa shape index (κ1) is 27.9. The van der Waals surface area contributed by atoms with Crippen molar-refractivity contribution < 1.29 is 38.1 Å². The predicted molar refractivity (Wildman–Crippen MR) is 141 cm³/mol. The lowest BCUT2D eigenvalue weighted by Crippen LogP contribution is -2.21. The molecule has 3 aromatic carbocycles. The van der Waals surface area contributed by atoms with Gasteiger partial charge in [0.2, 0.25) is 5.91 Å². The lowest BCUT2D eigenvalue weighted by molar-refractivity contribution is -0.147. The van der Waals surface area contributed by atoms with Crippen molar-refractivity contribution >= 4 is 29.2 Å². The predicted octanol–water partition coefficient (Wildman–Crippen LogP) is 4.80. The molecule has 200 valence electrons. The van der Waals surface area contributed by atoms with Crippen LogP contribution in [0.5, 0.6) is 28.7 Å². The molecule has 0 aliphatic carbocycles. The summed E-state index contributed by atoms with van der Waals surface area (Å²) in [6.07, 6.45) is 0.377. The third kappa shape index (κ3) is 8.44. The molecule has 2 amide bonds. The van der Waals surface area contributed by atoms with Gasteiger partial charge in [-0.15, -0.1) is 0 Å². The average Bonchev–Trinajstić information content (AvgIpc) is 2.93. The third-order valence-electron chi connectivity index (χ3n) is 5.26. The van der Waals surface area contributed by atoms with E-state index in [1.165, 1.54) is 14.2 Å². The molecule has 0 fully saturated rings. The Morgan fingerprint density at radius 3 is 2.05 bits per heavy atom. The van der Waals surface area contributed by atoms with Crippen LogP contribution in [-0.2, 0) is 19.1 Å². The number of hydrogen-bond acceptors (Lipinski definition) is 8. The van der Waals surface area contributed by atoms with Crippen LogP contribution in [0.4, 0.5) is 11.4 Å². The summed E-state index contributed by atoms with van der Waals surface area (Å²) in [7, 11) is 4.55. The first-order chi connectivity index (χ1) is 18.4. The molecule has 0 heterocycles. The summed E-state index contributed by atoms with van der Waals surface area (Å²) in [5.41, 5.74) is 0.985. The summed E-state index contributed by atoms with van der Waals surface area (Å²) in [5.74, 6) is 1.40. The maximum atomic E-state index is 12.2. The first-order valence-corrected chi connectivity index (χ1v) is 11.8. The smallest absolute Gasteiger partial charge is 0.306 e. The number of esters is 1. The van der Waals surface area contributed by atoms with Crippen LogP contribution >= 0.6 is 0 Å². The monoisotopic (exact) mass is 522 g/mol. The number of rotatable bonds is 13. The molecule has 0 aromatic heterocycles. The summed E-state index contributed by atoms with van der Waals surface area (Å²) < 4.78 is 26.4. The fourth-order valence-electron chi connectivity index (χ4n) is 3.37. The number of ether oxygens (including phenoxy) is 5. The zero-order valence-electron chi connectivity index (χ0n) is 21.4. The number of carbonyl (C=O) groups excluding carboxylic acids is 3. The molecule has 10 heteroatoms. The maximum Gasteiger partial charge on any atom is 0.306 e. The molecule has 0 saturated heterocycles. The second kappa shape index (κ2) is 14.1. The van der Waals surface area contributed by atoms with Crippen LogP contribution < -0.4 is 29.6 Å². The number of anilines is 2. The van der Waals surface area contributed by atoms with Crippen LogP contribution in [0.2, 0.25) is 0 Å². The summed E-state index contributed by atoms with van der Waals surface area (Å²) >= 11 is 0. The van der Waals surface area contributed by atoms with Crippen molar-refractivity contribution in [3.05, 3.63) is 66.7 Å². The van der Waals surface area contributed by atoms with Crippen molar-refractivity contribution in [1.29, 1.82) is 0 Å². The van der Waals surface area contributed by atoms with E-state index in [1.54, 1.807) is 61.7 Å². The Kier molecular flexibility index (Phi) is 10.3. The molecule has 3 rings (SSSR count). The van der Waals surface area contributed by atoms with Gasteiger partial charge in [-0.25, -0.2) is 0 Å². The highest BCUT2D eigenvalue weighted by Crippen LogP contribution is 2.31. The highest BCUT2D eigenvalue weighted by Gasteiger charge is 2.13. The Bertz CT molecular complexity index is 1240. The van der Waals surface area contributed by atoms with Crippen LogP contribution in [0, 0.1) is 0 Å². The van der Waals surface area contributed by atoms with Crippen molar-refractivity contribution in [3.63, 3.8) is 0 Å². The van der Waals surface area contributed by atoms with E-state index in [4.69, 9.17) is 23.7 Å². The van der Waals surface area contributed by atoms with Gasteiger partial charge in [-0.3, -0.25) is 14.4 Å². The Hall–Kier alpha value is -4.73. The van der Waals surface area contributed by atoms with E-state index in [-0.39, 0.29) is 25.2 Å². The summed E-state index contributed by atoms with van der Waals surface area (Å²) in [6.45, 7) is -0.464. The van der Waals surface area contributed by atoms with Gasteiger partial charge in [0.1, 0.15) is 17.2 Å². The summed E-state index contributed by atoms with van der Waals surface area (Å²) in [5, 5.41) is 5.39. The van der Waals surface area contributed by atoms with E-state index in [1.807, 2.05) is 12.1 Å². The third-order valence-corrected chi connectivity index (χ3v) is 5.26. The van der Waals surface area contributed by atoms with Gasteiger partial charge in [0, 0.05) is 24.6 Å². The highest BCUT2D eigenvalue weighted by atomic mass is 16.5. The molecule has 3 aromatic rings. The van der Waals surface area contributed by atoms with Crippen LogP contribution in [0.15, 0.2) is 66.7 Å². The fraction of sp³-hybridized carbons (Fsp3) is 0.250. The molecule has 0 spiro atoms. The van der Waals surface area contributed by atoms with Crippen molar-refractivity contribution in [2.75, 3.05) is 38.6 Å². The molecule has 0 unspecified atom stereocenters. The minimum atomic E-state index is -0.580. The van der Waals surface area contributed by atoms with Gasteiger partial charge in [0.15, 0.2) is 18.1 Å². The Balaban J connectivity index is 1.36. The number of hydrogen-bond donors (Lipinski definition) is 2. The number of nitrogens with one attached hydrogen (secondary N) is 2. The minimum absolute atomic E-state index is 0.00509. The molecular formula is C28H30N2O8. The van der Waals surface area contributed by atoms with Crippen molar-refractivity contribution in [2.45, 2.75) is 19.3 Å². The van der Waals surface area contributed by atoms with E-state index in [0.717, 1.165) is 0 Å². The van der Waals surface area contributed by atoms with E-state index < -0.39 is 18.5 Å². The first-order valence-electron chi connectivity index (χ1n) is 11.8. The van der Waals surface area contributed by atoms with Gasteiger partial charge in [-0.05, 0) is 55.0 Å². The molecule has 38 heavy (non-hydrogen) atoms. The molecule has 10 nitrogen and oxygen atoms in total. The van der Waals surface area contributed by atoms with Crippen LogP contribution in [0.25, 0.3) is 0 Å². The van der Waals surface area contributed by atoms with Gasteiger partial charge in [0.05, 0.1) is 27.0 Å². The van der Waals surface area contributed by atoms with Crippen molar-refractivity contribution in [3.8, 4) is 28.7 Å². The minimum Gasteiger partial charge on any atom is -0.497 e. The summed E-state index contributed by atoms with van der Waals surface area (Å²) in [6, 6.07) is 19.1. The molecule has 0 atom stereocenters. The molecule has 0 saturated carbocycles. The van der Waals surface area contributed by atoms with Crippen LogP contribution in [0.3, 0.4) is 0 Å². The molecule has 0 radical (unpaired) electrons. The number of para-hydroxylation sites is 2. The number of benzene rings is 3. The number of methoxy groups -OCH3 is 3. The Labute approximate surface area is 220 Å². The van der Waals surface area contributed by atoms with Gasteiger partial charge in [-0.2, -0.15) is 0 Å². The van der Waals surface area contributed by atoms with E-state index in [2.05, 4.69) is 10.6 Å².